The largest absolute Gasteiger partial charge is 0.478 e. The first-order valence-corrected chi connectivity index (χ1v) is 11.7. The number of fused-ring (bicyclic) bond motifs is 1. The highest BCUT2D eigenvalue weighted by atomic mass is 16.5. The Morgan fingerprint density at radius 2 is 2.00 bits per heavy atom. The summed E-state index contributed by atoms with van der Waals surface area (Å²) in [5, 5.41) is 55.9. The first kappa shape index (κ1) is 25.3. The van der Waals surface area contributed by atoms with E-state index in [9.17, 15) is 35.3 Å². The van der Waals surface area contributed by atoms with Crippen molar-refractivity contribution in [3.63, 3.8) is 0 Å². The molecule has 3 heterocycles. The summed E-state index contributed by atoms with van der Waals surface area (Å²) in [5.41, 5.74) is 1.50. The van der Waals surface area contributed by atoms with E-state index >= 15 is 0 Å². The molecule has 1 aromatic carbocycles. The van der Waals surface area contributed by atoms with E-state index in [1.165, 1.54) is 11.0 Å². The predicted molar refractivity (Wildman–Crippen MR) is 131 cm³/mol. The quantitative estimate of drug-likeness (QED) is 0.268. The summed E-state index contributed by atoms with van der Waals surface area (Å²) in [4.78, 5) is 33.0. The zero-order valence-electron chi connectivity index (χ0n) is 21.4. The topological polar surface area (TPSA) is 204 Å². The van der Waals surface area contributed by atoms with E-state index in [4.69, 9.17) is 6.15 Å². The molecule has 0 radical (unpaired) electrons. The van der Waals surface area contributed by atoms with Gasteiger partial charge in [-0.1, -0.05) is 26.0 Å². The van der Waals surface area contributed by atoms with Gasteiger partial charge in [-0.05, 0) is 12.1 Å². The number of carbonyl (C=O) groups excluding carboxylic acids is 1. The zero-order valence-corrected chi connectivity index (χ0v) is 20.4. The van der Waals surface area contributed by atoms with Crippen molar-refractivity contribution in [2.24, 2.45) is 5.92 Å². The summed E-state index contributed by atoms with van der Waals surface area (Å²) in [6.45, 7) is 2.19. The number of aliphatic hydroxyl groups excluding tert-OH is 3. The third-order valence-electron chi connectivity index (χ3n) is 6.16. The molecule has 5 atom stereocenters. The molecule has 1 aliphatic rings. The minimum atomic E-state index is -1.91. The average molecular weight is 524 g/mol. The lowest BCUT2D eigenvalue weighted by atomic mass is 9.91. The van der Waals surface area contributed by atoms with Crippen LogP contribution in [-0.4, -0.2) is 83.0 Å². The van der Waals surface area contributed by atoms with E-state index in [0.29, 0.717) is 27.3 Å². The van der Waals surface area contributed by atoms with Crippen molar-refractivity contribution in [2.75, 3.05) is 6.61 Å². The third-order valence-corrected chi connectivity index (χ3v) is 6.16. The molecule has 0 spiro atoms. The molecule has 0 saturated carbocycles. The lowest BCUT2D eigenvalue weighted by Crippen LogP contribution is -2.59. The van der Waals surface area contributed by atoms with Crippen LogP contribution in [-0.2, 0) is 14.3 Å². The number of aliphatic carboxylic acids is 1. The molecule has 38 heavy (non-hydrogen) atoms. The molecular weight excluding hydrogens is 496 g/mol. The van der Waals surface area contributed by atoms with Crippen molar-refractivity contribution >= 4 is 22.8 Å². The molecule has 1 amide bonds. The number of carboxylic acid groups (broad SMARTS) is 1. The number of aliphatic hydroxyl groups is 3. The highest BCUT2D eigenvalue weighted by molar-refractivity contribution is 5.96. The predicted octanol–water partition coefficient (Wildman–Crippen LogP) is 0.128. The SMILES string of the molecule is [2H]N(C(=O)C(C)C)[C@H]1[C@H]([C@H](O)[C@H](O)CO)OC(C(=O)O)=C[C@@H]1n1nc2c(-c3cncnc3)cccc2c1C#N. The Hall–Kier alpha value is -4.38. The van der Waals surface area contributed by atoms with Crippen LogP contribution in [0.15, 0.2) is 48.8 Å². The number of ether oxygens (including phenoxy) is 1. The van der Waals surface area contributed by atoms with Crippen molar-refractivity contribution in [1.29, 1.82) is 5.26 Å². The Morgan fingerprint density at radius 3 is 2.61 bits per heavy atom. The summed E-state index contributed by atoms with van der Waals surface area (Å²) in [6.07, 6.45) is 0.179. The Labute approximate surface area is 218 Å². The van der Waals surface area contributed by atoms with Crippen LogP contribution in [0.4, 0.5) is 0 Å². The number of carboxylic acids is 1. The highest BCUT2D eigenvalue weighted by Crippen LogP contribution is 2.35. The van der Waals surface area contributed by atoms with Gasteiger partial charge in [0.25, 0.3) is 0 Å². The van der Waals surface area contributed by atoms with Crippen LogP contribution in [0.3, 0.4) is 0 Å². The molecule has 2 aromatic heterocycles. The number of nitrogens with zero attached hydrogens (tertiary/aromatic N) is 5. The number of carbonyl (C=O) groups is 2. The number of nitrogens with one attached hydrogen (secondary N) is 1. The Bertz CT molecular complexity index is 1450. The lowest BCUT2D eigenvalue weighted by Gasteiger charge is -2.40. The molecule has 0 unspecified atom stereocenters. The zero-order chi connectivity index (χ0) is 28.4. The fourth-order valence-corrected chi connectivity index (χ4v) is 4.21. The van der Waals surface area contributed by atoms with Crippen molar-refractivity contribution in [3.05, 3.63) is 54.4 Å². The van der Waals surface area contributed by atoms with Gasteiger partial charge in [-0.2, -0.15) is 10.4 Å². The van der Waals surface area contributed by atoms with Gasteiger partial charge in [0.1, 0.15) is 41.9 Å². The van der Waals surface area contributed by atoms with Gasteiger partial charge >= 0.3 is 5.97 Å². The van der Waals surface area contributed by atoms with Gasteiger partial charge < -0.3 is 30.5 Å². The van der Waals surface area contributed by atoms with E-state index in [1.54, 1.807) is 44.4 Å². The molecule has 0 aliphatic carbocycles. The highest BCUT2D eigenvalue weighted by Gasteiger charge is 2.45. The second kappa shape index (κ2) is 10.9. The molecule has 3 aromatic rings. The molecule has 1 aliphatic heterocycles. The van der Waals surface area contributed by atoms with Gasteiger partial charge in [-0.15, -0.1) is 0 Å². The van der Waals surface area contributed by atoms with Crippen LogP contribution in [0.2, 0.25) is 1.41 Å². The fourth-order valence-electron chi connectivity index (χ4n) is 4.21. The van der Waals surface area contributed by atoms with Gasteiger partial charge in [-0.3, -0.25) is 4.79 Å². The van der Waals surface area contributed by atoms with Crippen molar-refractivity contribution in [3.8, 4) is 17.2 Å². The standard InChI is InChI=1S/C25H26N6O7/c1-12(2)24(35)29-21-16(6-19(25(36)37)38-23(21)22(34)18(33)10-32)31-17(7-26)15-5-3-4-14(20(15)30-31)13-8-27-11-28-9-13/h3-6,8-9,11-12,16,18,21-23,32-34H,10H2,1-2H3,(H,29,35)(H,36,37)/t16-,18+,21+,22+,23+/m0/s1/i/hD. The first-order chi connectivity index (χ1) is 18.6. The molecule has 4 rings (SSSR count). The van der Waals surface area contributed by atoms with E-state index in [2.05, 4.69) is 21.1 Å². The Morgan fingerprint density at radius 1 is 1.29 bits per heavy atom. The van der Waals surface area contributed by atoms with Crippen LogP contribution in [0.5, 0.6) is 0 Å². The molecule has 0 fully saturated rings. The maximum Gasteiger partial charge on any atom is 0.370 e. The summed E-state index contributed by atoms with van der Waals surface area (Å²) in [6, 6.07) is 4.36. The van der Waals surface area contributed by atoms with Crippen LogP contribution < -0.4 is 5.31 Å². The lowest BCUT2D eigenvalue weighted by molar-refractivity contribution is -0.147. The number of nitriles is 1. The summed E-state index contributed by atoms with van der Waals surface area (Å²) in [5.74, 6) is -3.56. The van der Waals surface area contributed by atoms with E-state index in [-0.39, 0.29) is 5.69 Å². The van der Waals surface area contributed by atoms with Crippen molar-refractivity contribution in [1.82, 2.24) is 25.1 Å². The first-order valence-electron chi connectivity index (χ1n) is 12.1. The van der Waals surface area contributed by atoms with Gasteiger partial charge in [0.15, 0.2) is 1.41 Å². The van der Waals surface area contributed by atoms with Crippen molar-refractivity contribution < 1.29 is 36.2 Å². The monoisotopic (exact) mass is 523 g/mol. The number of amides is 1. The normalized spacial score (nSPS) is 21.1. The summed E-state index contributed by atoms with van der Waals surface area (Å²) in [7, 11) is 0. The fraction of sp³-hybridized carbons (Fsp3) is 0.360. The molecule has 0 bridgehead atoms. The molecule has 198 valence electrons. The van der Waals surface area contributed by atoms with Crippen LogP contribution in [0.25, 0.3) is 22.0 Å². The molecular formula is C25H26N6O7. The summed E-state index contributed by atoms with van der Waals surface area (Å²) >= 11 is 0. The third kappa shape index (κ3) is 4.92. The molecule has 13 nitrogen and oxygen atoms in total. The van der Waals surface area contributed by atoms with Crippen molar-refractivity contribution in [2.45, 2.75) is 44.2 Å². The van der Waals surface area contributed by atoms with Crippen LogP contribution in [0.1, 0.15) is 25.6 Å². The Balaban J connectivity index is 1.99. The number of hydrogen-bond acceptors (Lipinski definition) is 10. The molecule has 13 heteroatoms. The van der Waals surface area contributed by atoms with Gasteiger partial charge in [0.2, 0.25) is 11.7 Å². The van der Waals surface area contributed by atoms with Gasteiger partial charge in [-0.25, -0.2) is 19.4 Å². The van der Waals surface area contributed by atoms with E-state index in [0.717, 1.165) is 6.08 Å². The maximum atomic E-state index is 13.0. The summed E-state index contributed by atoms with van der Waals surface area (Å²) < 4.78 is 15.3. The van der Waals surface area contributed by atoms with Crippen LogP contribution >= 0.6 is 0 Å². The minimum absolute atomic E-state index is 0.0112. The number of benzene rings is 1. The minimum Gasteiger partial charge on any atom is -0.478 e. The second-order valence-corrected chi connectivity index (χ2v) is 9.00. The molecule has 0 saturated heterocycles. The molecule has 5 N–H and O–H groups in total. The number of rotatable bonds is 8. The Kier molecular flexibility index (Phi) is 7.27. The maximum absolute atomic E-state index is 13.0. The van der Waals surface area contributed by atoms with Gasteiger partial charge in [0, 0.05) is 34.8 Å². The van der Waals surface area contributed by atoms with Gasteiger partial charge in [0.05, 0.1) is 18.7 Å². The number of hydrogen-bond donors (Lipinski definition) is 5. The van der Waals surface area contributed by atoms with E-state index in [1.807, 2.05) is 0 Å². The number of aromatic nitrogens is 4. The van der Waals surface area contributed by atoms with E-state index < -0.39 is 60.6 Å². The van der Waals surface area contributed by atoms with Crippen LogP contribution in [0, 0.1) is 17.2 Å². The average Bonchev–Trinajstić information content (AvgIpc) is 3.33. The second-order valence-electron chi connectivity index (χ2n) is 9.00. The smallest absolute Gasteiger partial charge is 0.370 e.